The van der Waals surface area contributed by atoms with Crippen LogP contribution in [0.3, 0.4) is 0 Å². The van der Waals surface area contributed by atoms with Crippen molar-refractivity contribution in [1.82, 2.24) is 15.3 Å². The van der Waals surface area contributed by atoms with Crippen LogP contribution >= 0.6 is 0 Å². The summed E-state index contributed by atoms with van der Waals surface area (Å²) in [4.78, 5) is 18.3. The summed E-state index contributed by atoms with van der Waals surface area (Å²) in [6, 6.07) is 0.0514. The smallest absolute Gasteiger partial charge is 0.355 e. The summed E-state index contributed by atoms with van der Waals surface area (Å²) < 4.78 is 37.2. The van der Waals surface area contributed by atoms with E-state index in [4.69, 9.17) is 0 Å². The van der Waals surface area contributed by atoms with E-state index >= 15 is 0 Å². The van der Waals surface area contributed by atoms with Gasteiger partial charge in [-0.05, 0) is 19.9 Å². The van der Waals surface area contributed by atoms with E-state index in [-0.39, 0.29) is 11.9 Å². The molecule has 1 rings (SSSR count). The third-order valence-electron chi connectivity index (χ3n) is 2.04. The molecule has 0 aliphatic carbocycles. The van der Waals surface area contributed by atoms with Crippen LogP contribution in [-0.4, -0.2) is 28.5 Å². The minimum atomic E-state index is -4.53. The topological polar surface area (TPSA) is 66.9 Å². The second-order valence-electron chi connectivity index (χ2n) is 3.52. The van der Waals surface area contributed by atoms with E-state index in [9.17, 15) is 18.0 Å². The molecule has 1 aromatic rings. The largest absolute Gasteiger partial charge is 0.433 e. The molecule has 1 amide bonds. The van der Waals surface area contributed by atoms with Gasteiger partial charge in [0, 0.05) is 12.7 Å². The summed E-state index contributed by atoms with van der Waals surface area (Å²) in [5.41, 5.74) is -1.05. The van der Waals surface area contributed by atoms with Crippen molar-refractivity contribution >= 4 is 11.9 Å². The Labute approximate surface area is 102 Å². The van der Waals surface area contributed by atoms with Crippen LogP contribution in [0.15, 0.2) is 12.3 Å². The lowest BCUT2D eigenvalue weighted by Crippen LogP contribution is -2.37. The molecule has 0 aliphatic heterocycles. The molecule has 0 radical (unpaired) electrons. The number of amides is 1. The van der Waals surface area contributed by atoms with E-state index in [0.29, 0.717) is 6.54 Å². The Hall–Kier alpha value is -1.86. The van der Waals surface area contributed by atoms with Gasteiger partial charge in [-0.2, -0.15) is 13.2 Å². The van der Waals surface area contributed by atoms with Gasteiger partial charge in [-0.3, -0.25) is 4.79 Å². The molecule has 0 saturated carbocycles. The van der Waals surface area contributed by atoms with E-state index < -0.39 is 17.9 Å². The Morgan fingerprint density at radius 3 is 2.72 bits per heavy atom. The first-order valence-corrected chi connectivity index (χ1v) is 5.29. The molecule has 0 aliphatic rings. The normalized spacial score (nSPS) is 12.9. The summed E-state index contributed by atoms with van der Waals surface area (Å²) in [5.74, 6) is -0.568. The fraction of sp³-hybridized carbons (Fsp3) is 0.500. The van der Waals surface area contributed by atoms with Crippen molar-refractivity contribution in [1.29, 1.82) is 0 Å². The number of aromatic nitrogens is 2. The molecule has 5 nitrogen and oxygen atoms in total. The van der Waals surface area contributed by atoms with E-state index in [1.54, 1.807) is 6.92 Å². The lowest BCUT2D eigenvalue weighted by Gasteiger charge is -2.14. The molecular formula is C10H13F3N4O. The molecule has 0 fully saturated rings. The van der Waals surface area contributed by atoms with Gasteiger partial charge >= 0.3 is 6.18 Å². The molecule has 1 unspecified atom stereocenters. The van der Waals surface area contributed by atoms with Gasteiger partial charge in [0.2, 0.25) is 11.9 Å². The molecule has 0 aromatic carbocycles. The average Bonchev–Trinajstić information content (AvgIpc) is 2.28. The lowest BCUT2D eigenvalue weighted by molar-refractivity contribution is -0.141. The quantitative estimate of drug-likeness (QED) is 0.861. The van der Waals surface area contributed by atoms with Crippen LogP contribution in [0.1, 0.15) is 19.5 Å². The van der Waals surface area contributed by atoms with Gasteiger partial charge in [-0.15, -0.1) is 0 Å². The Kier molecular flexibility index (Phi) is 4.46. The number of alkyl halides is 3. The van der Waals surface area contributed by atoms with Crippen molar-refractivity contribution in [3.63, 3.8) is 0 Å². The van der Waals surface area contributed by atoms with Crippen LogP contribution in [0, 0.1) is 0 Å². The Morgan fingerprint density at radius 2 is 2.17 bits per heavy atom. The average molecular weight is 262 g/mol. The van der Waals surface area contributed by atoms with Gasteiger partial charge < -0.3 is 10.6 Å². The minimum Gasteiger partial charge on any atom is -0.355 e. The molecule has 100 valence electrons. The van der Waals surface area contributed by atoms with Gasteiger partial charge in [-0.25, -0.2) is 9.97 Å². The number of halogens is 3. The Morgan fingerprint density at radius 1 is 1.50 bits per heavy atom. The van der Waals surface area contributed by atoms with Crippen LogP contribution in [0.5, 0.6) is 0 Å². The first-order chi connectivity index (χ1) is 8.34. The van der Waals surface area contributed by atoms with E-state index in [1.165, 1.54) is 6.92 Å². The maximum absolute atomic E-state index is 12.4. The fourth-order valence-corrected chi connectivity index (χ4v) is 1.17. The number of likely N-dealkylation sites (N-methyl/N-ethyl adjacent to an activating group) is 1. The molecule has 1 atom stereocenters. The number of anilines is 1. The van der Waals surface area contributed by atoms with Crippen LogP contribution in [0.25, 0.3) is 0 Å². The number of hydrogen-bond donors (Lipinski definition) is 2. The molecule has 8 heteroatoms. The number of carbonyl (C=O) groups excluding carboxylic acids is 1. The zero-order chi connectivity index (χ0) is 13.8. The number of rotatable bonds is 4. The van der Waals surface area contributed by atoms with Crippen molar-refractivity contribution in [2.24, 2.45) is 0 Å². The zero-order valence-electron chi connectivity index (χ0n) is 9.88. The maximum atomic E-state index is 12.4. The molecule has 18 heavy (non-hydrogen) atoms. The summed E-state index contributed by atoms with van der Waals surface area (Å²) in [5, 5.41) is 5.04. The molecule has 2 N–H and O–H groups in total. The van der Waals surface area contributed by atoms with Crippen LogP contribution in [0.4, 0.5) is 19.1 Å². The van der Waals surface area contributed by atoms with Gasteiger partial charge in [0.25, 0.3) is 0 Å². The molecule has 1 aromatic heterocycles. The number of nitrogens with one attached hydrogen (secondary N) is 2. The van der Waals surface area contributed by atoms with Crippen LogP contribution < -0.4 is 10.6 Å². The van der Waals surface area contributed by atoms with Gasteiger partial charge in [0.1, 0.15) is 11.7 Å². The molecule has 1 heterocycles. The van der Waals surface area contributed by atoms with Crippen molar-refractivity contribution in [3.8, 4) is 0 Å². The van der Waals surface area contributed by atoms with E-state index in [1.807, 2.05) is 0 Å². The Balaban J connectivity index is 2.76. The monoisotopic (exact) mass is 262 g/mol. The van der Waals surface area contributed by atoms with Crippen molar-refractivity contribution < 1.29 is 18.0 Å². The molecule has 0 bridgehead atoms. The molecular weight excluding hydrogens is 249 g/mol. The maximum Gasteiger partial charge on any atom is 0.433 e. The summed E-state index contributed by atoms with van der Waals surface area (Å²) in [6.45, 7) is 3.69. The lowest BCUT2D eigenvalue weighted by atomic mass is 10.3. The molecule has 0 saturated heterocycles. The van der Waals surface area contributed by atoms with Crippen LogP contribution in [0.2, 0.25) is 0 Å². The predicted molar refractivity (Wildman–Crippen MR) is 58.8 cm³/mol. The zero-order valence-corrected chi connectivity index (χ0v) is 9.88. The third-order valence-corrected chi connectivity index (χ3v) is 2.04. The number of nitrogens with zero attached hydrogens (tertiary/aromatic N) is 2. The Bertz CT molecular complexity index is 422. The minimum absolute atomic E-state index is 0.233. The van der Waals surface area contributed by atoms with Crippen molar-refractivity contribution in [3.05, 3.63) is 18.0 Å². The van der Waals surface area contributed by atoms with Gasteiger partial charge in [0.05, 0.1) is 0 Å². The number of hydrogen-bond acceptors (Lipinski definition) is 4. The second-order valence-corrected chi connectivity index (χ2v) is 3.52. The highest BCUT2D eigenvalue weighted by Gasteiger charge is 2.32. The summed E-state index contributed by atoms with van der Waals surface area (Å²) in [6.07, 6.45) is -3.54. The van der Waals surface area contributed by atoms with E-state index in [2.05, 4.69) is 20.6 Å². The summed E-state index contributed by atoms with van der Waals surface area (Å²) in [7, 11) is 0. The highest BCUT2D eigenvalue weighted by atomic mass is 19.4. The van der Waals surface area contributed by atoms with Gasteiger partial charge in [0.15, 0.2) is 0 Å². The molecule has 0 spiro atoms. The standard InChI is InChI=1S/C10H13F3N4O/c1-3-14-8(18)6(2)16-9-15-5-4-7(17-9)10(11,12)13/h4-6H,3H2,1-2H3,(H,14,18)(H,15,16,17). The van der Waals surface area contributed by atoms with E-state index in [0.717, 1.165) is 12.3 Å². The fourth-order valence-electron chi connectivity index (χ4n) is 1.17. The first-order valence-electron chi connectivity index (χ1n) is 5.29. The highest BCUT2D eigenvalue weighted by Crippen LogP contribution is 2.27. The van der Waals surface area contributed by atoms with Crippen LogP contribution in [-0.2, 0) is 11.0 Å². The third kappa shape index (κ3) is 3.86. The SMILES string of the molecule is CCNC(=O)C(C)Nc1nccc(C(F)(F)F)n1. The highest BCUT2D eigenvalue weighted by molar-refractivity contribution is 5.83. The van der Waals surface area contributed by atoms with Crippen molar-refractivity contribution in [2.75, 3.05) is 11.9 Å². The predicted octanol–water partition coefficient (Wildman–Crippen LogP) is 1.43. The first kappa shape index (κ1) is 14.2. The number of carbonyl (C=O) groups is 1. The summed E-state index contributed by atoms with van der Waals surface area (Å²) >= 11 is 0. The van der Waals surface area contributed by atoms with Crippen molar-refractivity contribution in [2.45, 2.75) is 26.1 Å². The second kappa shape index (κ2) is 5.65. The van der Waals surface area contributed by atoms with Gasteiger partial charge in [-0.1, -0.05) is 0 Å².